The van der Waals surface area contributed by atoms with E-state index in [1.165, 1.54) is 0 Å². The van der Waals surface area contributed by atoms with Crippen molar-refractivity contribution in [2.24, 2.45) is 0 Å². The summed E-state index contributed by atoms with van der Waals surface area (Å²) in [7, 11) is 0. The maximum atomic E-state index is 11.5. The van der Waals surface area contributed by atoms with Gasteiger partial charge in [-0.15, -0.1) is 12.4 Å². The van der Waals surface area contributed by atoms with E-state index in [4.69, 9.17) is 0 Å². The second-order valence-corrected chi connectivity index (χ2v) is 4.52. The van der Waals surface area contributed by atoms with E-state index in [-0.39, 0.29) is 17.9 Å². The van der Waals surface area contributed by atoms with Crippen LogP contribution in [0.15, 0.2) is 0 Å². The summed E-state index contributed by atoms with van der Waals surface area (Å²) in [5.41, 5.74) is -0.0781. The first-order chi connectivity index (χ1) is 5.33. The fourth-order valence-corrected chi connectivity index (χ4v) is 3.12. The lowest BCUT2D eigenvalue weighted by Gasteiger charge is -2.31. The lowest BCUT2D eigenvalue weighted by atomic mass is 9.89. The van der Waals surface area contributed by atoms with Gasteiger partial charge in [-0.3, -0.25) is 4.79 Å². The summed E-state index contributed by atoms with van der Waals surface area (Å²) < 4.78 is 0. The van der Waals surface area contributed by atoms with Gasteiger partial charge in [0.05, 0.1) is 5.54 Å². The van der Waals surface area contributed by atoms with Gasteiger partial charge in [-0.1, -0.05) is 0 Å². The summed E-state index contributed by atoms with van der Waals surface area (Å²) in [4.78, 5) is 11.5. The molecule has 0 aromatic heterocycles. The van der Waals surface area contributed by atoms with Gasteiger partial charge in [0.15, 0.2) is 5.78 Å². The zero-order valence-electron chi connectivity index (χ0n) is 6.97. The molecule has 0 unspecified atom stereocenters. The molecule has 1 spiro atoms. The zero-order valence-corrected chi connectivity index (χ0v) is 8.60. The second kappa shape index (κ2) is 3.99. The third-order valence-corrected chi connectivity index (χ3v) is 3.68. The number of halogens is 1. The minimum atomic E-state index is -0.0781. The minimum absolute atomic E-state index is 0. The normalized spacial score (nSPS) is 27.2. The van der Waals surface area contributed by atoms with Crippen molar-refractivity contribution >= 4 is 30.0 Å². The number of rotatable bonds is 0. The third-order valence-electron chi connectivity index (χ3n) is 2.70. The molecule has 12 heavy (non-hydrogen) atoms. The molecule has 2 aliphatic heterocycles. The van der Waals surface area contributed by atoms with Crippen LogP contribution in [0.1, 0.15) is 19.3 Å². The first-order valence-electron chi connectivity index (χ1n) is 4.20. The molecule has 0 saturated carbocycles. The molecular formula is C8H14ClNOS. The van der Waals surface area contributed by atoms with E-state index in [1.807, 2.05) is 11.8 Å². The maximum absolute atomic E-state index is 11.5. The minimum Gasteiger partial charge on any atom is -0.304 e. The van der Waals surface area contributed by atoms with Gasteiger partial charge in [0.2, 0.25) is 0 Å². The van der Waals surface area contributed by atoms with Crippen molar-refractivity contribution in [3.63, 3.8) is 0 Å². The van der Waals surface area contributed by atoms with E-state index in [2.05, 4.69) is 5.32 Å². The van der Waals surface area contributed by atoms with Crippen LogP contribution in [-0.2, 0) is 4.79 Å². The van der Waals surface area contributed by atoms with E-state index in [0.29, 0.717) is 5.78 Å². The van der Waals surface area contributed by atoms with Crippen LogP contribution in [0.4, 0.5) is 0 Å². The maximum Gasteiger partial charge on any atom is 0.154 e. The van der Waals surface area contributed by atoms with E-state index >= 15 is 0 Å². The van der Waals surface area contributed by atoms with Crippen molar-refractivity contribution in [1.29, 1.82) is 0 Å². The molecule has 1 N–H and O–H groups in total. The SMILES string of the molecule is Cl.O=C1CCNC12CCSCC2. The number of nitrogens with one attached hydrogen (secondary N) is 1. The summed E-state index contributed by atoms with van der Waals surface area (Å²) in [6.45, 7) is 0.906. The Kier molecular flexibility index (Phi) is 3.44. The van der Waals surface area contributed by atoms with Crippen molar-refractivity contribution < 1.29 is 4.79 Å². The summed E-state index contributed by atoms with van der Waals surface area (Å²) in [5, 5.41) is 3.36. The van der Waals surface area contributed by atoms with Crippen LogP contribution < -0.4 is 5.32 Å². The molecular weight excluding hydrogens is 194 g/mol. The highest BCUT2D eigenvalue weighted by Gasteiger charge is 2.42. The highest BCUT2D eigenvalue weighted by molar-refractivity contribution is 7.99. The van der Waals surface area contributed by atoms with Gasteiger partial charge < -0.3 is 5.32 Å². The van der Waals surface area contributed by atoms with Crippen LogP contribution in [-0.4, -0.2) is 29.4 Å². The Morgan fingerprint density at radius 2 is 2.00 bits per heavy atom. The second-order valence-electron chi connectivity index (χ2n) is 3.29. The molecule has 0 amide bonds. The molecule has 0 aromatic rings. The Balaban J connectivity index is 0.000000720. The van der Waals surface area contributed by atoms with E-state index in [9.17, 15) is 4.79 Å². The molecule has 2 saturated heterocycles. The molecule has 0 aliphatic carbocycles. The standard InChI is InChI=1S/C8H13NOS.ClH/c10-7-1-4-9-8(7)2-5-11-6-3-8;/h9H,1-6H2;1H. The highest BCUT2D eigenvalue weighted by Crippen LogP contribution is 2.31. The fourth-order valence-electron chi connectivity index (χ4n) is 1.93. The average Bonchev–Trinajstić information content (AvgIpc) is 2.36. The monoisotopic (exact) mass is 207 g/mol. The van der Waals surface area contributed by atoms with Crippen LogP contribution in [0.25, 0.3) is 0 Å². The van der Waals surface area contributed by atoms with Gasteiger partial charge in [-0.05, 0) is 24.3 Å². The third kappa shape index (κ3) is 1.63. The topological polar surface area (TPSA) is 29.1 Å². The van der Waals surface area contributed by atoms with E-state index in [1.54, 1.807) is 0 Å². The van der Waals surface area contributed by atoms with E-state index in [0.717, 1.165) is 37.3 Å². The van der Waals surface area contributed by atoms with Crippen LogP contribution in [0.3, 0.4) is 0 Å². The molecule has 2 heterocycles. The Morgan fingerprint density at radius 3 is 2.50 bits per heavy atom. The molecule has 0 radical (unpaired) electrons. The smallest absolute Gasteiger partial charge is 0.154 e. The van der Waals surface area contributed by atoms with Crippen LogP contribution in [0.5, 0.6) is 0 Å². The van der Waals surface area contributed by atoms with Crippen molar-refractivity contribution in [2.45, 2.75) is 24.8 Å². The number of carbonyl (C=O) groups excluding carboxylic acids is 1. The Hall–Kier alpha value is 0.270. The lowest BCUT2D eigenvalue weighted by Crippen LogP contribution is -2.48. The van der Waals surface area contributed by atoms with Gasteiger partial charge in [0.25, 0.3) is 0 Å². The summed E-state index contributed by atoms with van der Waals surface area (Å²) in [6, 6.07) is 0. The average molecular weight is 208 g/mol. The molecule has 0 aromatic carbocycles. The largest absolute Gasteiger partial charge is 0.304 e. The molecule has 70 valence electrons. The lowest BCUT2D eigenvalue weighted by molar-refractivity contribution is -0.122. The zero-order chi connectivity index (χ0) is 7.73. The molecule has 2 fully saturated rings. The van der Waals surface area contributed by atoms with E-state index < -0.39 is 0 Å². The number of hydrogen-bond acceptors (Lipinski definition) is 3. The van der Waals surface area contributed by atoms with Gasteiger partial charge in [0, 0.05) is 13.0 Å². The molecule has 2 rings (SSSR count). The number of thioether (sulfide) groups is 1. The fraction of sp³-hybridized carbons (Fsp3) is 0.875. The quantitative estimate of drug-likeness (QED) is 0.648. The first-order valence-corrected chi connectivity index (χ1v) is 5.35. The highest BCUT2D eigenvalue weighted by atomic mass is 35.5. The van der Waals surface area contributed by atoms with Crippen molar-refractivity contribution in [2.75, 3.05) is 18.1 Å². The van der Waals surface area contributed by atoms with Crippen molar-refractivity contribution in [1.82, 2.24) is 5.32 Å². The van der Waals surface area contributed by atoms with Gasteiger partial charge in [0.1, 0.15) is 0 Å². The number of ketones is 1. The molecule has 4 heteroatoms. The Bertz CT molecular complexity index is 180. The van der Waals surface area contributed by atoms with Gasteiger partial charge >= 0.3 is 0 Å². The first kappa shape index (κ1) is 10.4. The Labute approximate surface area is 83.3 Å². The molecule has 2 nitrogen and oxygen atoms in total. The number of carbonyl (C=O) groups is 1. The van der Waals surface area contributed by atoms with Crippen LogP contribution in [0, 0.1) is 0 Å². The van der Waals surface area contributed by atoms with Crippen molar-refractivity contribution in [3.8, 4) is 0 Å². The van der Waals surface area contributed by atoms with Gasteiger partial charge in [-0.2, -0.15) is 11.8 Å². The van der Waals surface area contributed by atoms with Crippen LogP contribution >= 0.6 is 24.2 Å². The van der Waals surface area contributed by atoms with Gasteiger partial charge in [-0.25, -0.2) is 0 Å². The van der Waals surface area contributed by atoms with Crippen molar-refractivity contribution in [3.05, 3.63) is 0 Å². The predicted octanol–water partition coefficient (Wildman–Crippen LogP) is 1.24. The van der Waals surface area contributed by atoms with Crippen LogP contribution in [0.2, 0.25) is 0 Å². The number of hydrogen-bond donors (Lipinski definition) is 1. The number of Topliss-reactive ketones (excluding diaryl/α,β-unsaturated/α-hetero) is 1. The predicted molar refractivity (Wildman–Crippen MR) is 54.2 cm³/mol. The molecule has 0 atom stereocenters. The Morgan fingerprint density at radius 1 is 1.33 bits per heavy atom. The summed E-state index contributed by atoms with van der Waals surface area (Å²) in [6.07, 6.45) is 2.86. The summed E-state index contributed by atoms with van der Waals surface area (Å²) >= 11 is 1.97. The summed E-state index contributed by atoms with van der Waals surface area (Å²) in [5.74, 6) is 2.76. The molecule has 2 aliphatic rings. The molecule has 0 bridgehead atoms.